The van der Waals surface area contributed by atoms with Crippen molar-refractivity contribution in [3.05, 3.63) is 0 Å². The average Bonchev–Trinajstić information content (AvgIpc) is 2.71. The first-order valence-corrected chi connectivity index (χ1v) is 8.29. The van der Waals surface area contributed by atoms with Crippen LogP contribution in [0.1, 0.15) is 13.3 Å². The van der Waals surface area contributed by atoms with E-state index in [0.29, 0.717) is 24.9 Å². The molecule has 2 aliphatic heterocycles. The molecule has 0 aromatic rings. The SMILES string of the molecule is CCS(=O)(=O)N1CC[C@H]2CO[C@H](CN(C)C)[C@H]2C1. The van der Waals surface area contributed by atoms with E-state index in [0.717, 1.165) is 19.6 Å². The molecule has 2 fully saturated rings. The molecule has 0 aromatic heterocycles. The van der Waals surface area contributed by atoms with Crippen molar-refractivity contribution in [2.24, 2.45) is 11.8 Å². The van der Waals surface area contributed by atoms with E-state index in [1.54, 1.807) is 11.2 Å². The van der Waals surface area contributed by atoms with Gasteiger partial charge >= 0.3 is 0 Å². The van der Waals surface area contributed by atoms with Gasteiger partial charge in [-0.05, 0) is 33.4 Å². The number of ether oxygens (including phenoxy) is 1. The van der Waals surface area contributed by atoms with Crippen LogP contribution >= 0.6 is 0 Å². The predicted molar refractivity (Wildman–Crippen MR) is 70.9 cm³/mol. The minimum Gasteiger partial charge on any atom is -0.376 e. The Hall–Kier alpha value is -0.170. The van der Waals surface area contributed by atoms with Crippen LogP contribution in [0.4, 0.5) is 0 Å². The fourth-order valence-electron chi connectivity index (χ4n) is 2.98. The Labute approximate surface area is 110 Å². The molecule has 2 aliphatic rings. The number of fused-ring (bicyclic) bond motifs is 1. The van der Waals surface area contributed by atoms with Crippen LogP contribution in [-0.4, -0.2) is 69.8 Å². The number of nitrogens with zero attached hydrogens (tertiary/aromatic N) is 2. The van der Waals surface area contributed by atoms with Crippen molar-refractivity contribution in [1.82, 2.24) is 9.21 Å². The lowest BCUT2D eigenvalue weighted by Crippen LogP contribution is -2.47. The topological polar surface area (TPSA) is 49.9 Å². The fraction of sp³-hybridized carbons (Fsp3) is 1.00. The summed E-state index contributed by atoms with van der Waals surface area (Å²) < 4.78 is 31.4. The van der Waals surface area contributed by atoms with Crippen LogP contribution in [0.3, 0.4) is 0 Å². The van der Waals surface area contributed by atoms with Crippen LogP contribution < -0.4 is 0 Å². The average molecular weight is 276 g/mol. The van der Waals surface area contributed by atoms with E-state index in [4.69, 9.17) is 4.74 Å². The molecule has 3 atom stereocenters. The molecule has 2 rings (SSSR count). The molecule has 18 heavy (non-hydrogen) atoms. The molecule has 0 aliphatic carbocycles. The van der Waals surface area contributed by atoms with Crippen LogP contribution in [-0.2, 0) is 14.8 Å². The first-order chi connectivity index (χ1) is 8.44. The Morgan fingerprint density at radius 1 is 1.39 bits per heavy atom. The van der Waals surface area contributed by atoms with Crippen LogP contribution in [0.5, 0.6) is 0 Å². The van der Waals surface area contributed by atoms with Crippen molar-refractivity contribution in [3.63, 3.8) is 0 Å². The molecular formula is C12H24N2O3S. The quantitative estimate of drug-likeness (QED) is 0.738. The second kappa shape index (κ2) is 5.45. The fourth-order valence-corrected chi connectivity index (χ4v) is 4.13. The van der Waals surface area contributed by atoms with Gasteiger partial charge in [0.25, 0.3) is 0 Å². The van der Waals surface area contributed by atoms with E-state index in [1.807, 2.05) is 14.1 Å². The Bertz CT molecular complexity index is 383. The zero-order valence-electron chi connectivity index (χ0n) is 11.5. The van der Waals surface area contributed by atoms with Gasteiger partial charge in [0.2, 0.25) is 10.0 Å². The van der Waals surface area contributed by atoms with E-state index in [1.165, 1.54) is 0 Å². The summed E-state index contributed by atoms with van der Waals surface area (Å²) in [5.41, 5.74) is 0. The number of piperidine rings is 1. The zero-order valence-corrected chi connectivity index (χ0v) is 12.3. The number of likely N-dealkylation sites (N-methyl/N-ethyl adjacent to an activating group) is 1. The third-order valence-corrected chi connectivity index (χ3v) is 5.92. The van der Waals surface area contributed by atoms with E-state index in [9.17, 15) is 8.42 Å². The van der Waals surface area contributed by atoms with E-state index >= 15 is 0 Å². The number of sulfonamides is 1. The highest BCUT2D eigenvalue weighted by Crippen LogP contribution is 2.35. The van der Waals surface area contributed by atoms with Crippen molar-refractivity contribution in [1.29, 1.82) is 0 Å². The van der Waals surface area contributed by atoms with Gasteiger partial charge in [0.1, 0.15) is 0 Å². The van der Waals surface area contributed by atoms with Crippen molar-refractivity contribution < 1.29 is 13.2 Å². The van der Waals surface area contributed by atoms with Crippen molar-refractivity contribution >= 4 is 10.0 Å². The first kappa shape index (κ1) is 14.2. The molecular weight excluding hydrogens is 252 g/mol. The maximum atomic E-state index is 11.9. The Morgan fingerprint density at radius 2 is 2.11 bits per heavy atom. The van der Waals surface area contributed by atoms with Gasteiger partial charge in [-0.1, -0.05) is 0 Å². The van der Waals surface area contributed by atoms with Gasteiger partial charge in [-0.15, -0.1) is 0 Å². The Morgan fingerprint density at radius 3 is 2.72 bits per heavy atom. The largest absolute Gasteiger partial charge is 0.376 e. The van der Waals surface area contributed by atoms with Crippen molar-refractivity contribution in [3.8, 4) is 0 Å². The minimum absolute atomic E-state index is 0.180. The number of hydrogen-bond acceptors (Lipinski definition) is 4. The van der Waals surface area contributed by atoms with E-state index in [-0.39, 0.29) is 11.9 Å². The molecule has 2 heterocycles. The number of hydrogen-bond donors (Lipinski definition) is 0. The van der Waals surface area contributed by atoms with Gasteiger partial charge in [-0.3, -0.25) is 0 Å². The summed E-state index contributed by atoms with van der Waals surface area (Å²) in [6.07, 6.45) is 1.12. The Kier molecular flexibility index (Phi) is 4.31. The third kappa shape index (κ3) is 2.87. The summed E-state index contributed by atoms with van der Waals surface area (Å²) in [5, 5.41) is 0. The second-order valence-electron chi connectivity index (χ2n) is 5.61. The maximum absolute atomic E-state index is 11.9. The molecule has 5 nitrogen and oxygen atoms in total. The number of rotatable bonds is 4. The lowest BCUT2D eigenvalue weighted by atomic mass is 9.85. The molecule has 0 radical (unpaired) electrons. The Balaban J connectivity index is 2.05. The van der Waals surface area contributed by atoms with Gasteiger partial charge in [-0.2, -0.15) is 0 Å². The summed E-state index contributed by atoms with van der Waals surface area (Å²) in [6.45, 7) is 4.68. The molecule has 0 spiro atoms. The summed E-state index contributed by atoms with van der Waals surface area (Å²) in [7, 11) is 1.01. The van der Waals surface area contributed by atoms with Gasteiger partial charge in [0.05, 0.1) is 18.5 Å². The molecule has 0 unspecified atom stereocenters. The first-order valence-electron chi connectivity index (χ1n) is 6.68. The maximum Gasteiger partial charge on any atom is 0.213 e. The van der Waals surface area contributed by atoms with Crippen LogP contribution in [0.15, 0.2) is 0 Å². The zero-order chi connectivity index (χ0) is 13.3. The summed E-state index contributed by atoms with van der Waals surface area (Å²) in [6, 6.07) is 0. The van der Waals surface area contributed by atoms with Crippen LogP contribution in [0, 0.1) is 11.8 Å². The lowest BCUT2D eigenvalue weighted by Gasteiger charge is -2.35. The molecule has 2 saturated heterocycles. The summed E-state index contributed by atoms with van der Waals surface area (Å²) in [4.78, 5) is 2.11. The molecule has 0 aromatic carbocycles. The second-order valence-corrected chi connectivity index (χ2v) is 7.86. The monoisotopic (exact) mass is 276 g/mol. The molecule has 0 saturated carbocycles. The van der Waals surface area contributed by atoms with Gasteiger partial charge in [-0.25, -0.2) is 12.7 Å². The smallest absolute Gasteiger partial charge is 0.213 e. The van der Waals surface area contributed by atoms with E-state index < -0.39 is 10.0 Å². The highest BCUT2D eigenvalue weighted by Gasteiger charge is 2.43. The standard InChI is InChI=1S/C12H24N2O3S/c1-4-18(15,16)14-6-5-10-9-17-12(8-13(2)3)11(10)7-14/h10-12H,4-9H2,1-3H3/t10-,11-,12+/m0/s1. The summed E-state index contributed by atoms with van der Waals surface area (Å²) in [5.74, 6) is 1.10. The van der Waals surface area contributed by atoms with Crippen LogP contribution in [0.25, 0.3) is 0 Å². The molecule has 0 amide bonds. The van der Waals surface area contributed by atoms with Crippen LogP contribution in [0.2, 0.25) is 0 Å². The molecule has 106 valence electrons. The lowest BCUT2D eigenvalue weighted by molar-refractivity contribution is 0.0638. The minimum atomic E-state index is -3.05. The van der Waals surface area contributed by atoms with Gasteiger partial charge < -0.3 is 9.64 Å². The normalized spacial score (nSPS) is 33.9. The van der Waals surface area contributed by atoms with Crippen molar-refractivity contribution in [2.45, 2.75) is 19.4 Å². The highest BCUT2D eigenvalue weighted by molar-refractivity contribution is 7.89. The van der Waals surface area contributed by atoms with E-state index in [2.05, 4.69) is 4.90 Å². The predicted octanol–water partition coefficient (Wildman–Crippen LogP) is 0.235. The molecule has 6 heteroatoms. The van der Waals surface area contributed by atoms with Gasteiger partial charge in [0.15, 0.2) is 0 Å². The summed E-state index contributed by atoms with van der Waals surface area (Å²) >= 11 is 0. The highest BCUT2D eigenvalue weighted by atomic mass is 32.2. The third-order valence-electron chi connectivity index (χ3n) is 4.07. The van der Waals surface area contributed by atoms with Crippen molar-refractivity contribution in [2.75, 3.05) is 46.1 Å². The molecule has 0 bridgehead atoms. The molecule has 0 N–H and O–H groups in total. The van der Waals surface area contributed by atoms with Gasteiger partial charge in [0, 0.05) is 25.6 Å².